The van der Waals surface area contributed by atoms with Gasteiger partial charge in [-0.15, -0.1) is 0 Å². The van der Waals surface area contributed by atoms with E-state index in [-0.39, 0.29) is 5.04 Å². The van der Waals surface area contributed by atoms with Gasteiger partial charge in [0.25, 0.3) is 8.32 Å². The van der Waals surface area contributed by atoms with Crippen LogP contribution >= 0.6 is 0 Å². The Morgan fingerprint density at radius 3 is 1.88 bits per heavy atom. The van der Waals surface area contributed by atoms with Crippen molar-refractivity contribution in [2.75, 3.05) is 13.7 Å². The third-order valence-electron chi connectivity index (χ3n) is 4.34. The molecule has 0 unspecified atom stereocenters. The van der Waals surface area contributed by atoms with Crippen molar-refractivity contribution in [3.63, 3.8) is 0 Å². The van der Waals surface area contributed by atoms with Gasteiger partial charge < -0.3 is 9.16 Å². The Morgan fingerprint density at radius 2 is 1.46 bits per heavy atom. The molecule has 0 spiro atoms. The summed E-state index contributed by atoms with van der Waals surface area (Å²) >= 11 is 0. The molecule has 0 atom stereocenters. The summed E-state index contributed by atoms with van der Waals surface area (Å²) < 4.78 is 11.2. The SMILES string of the molecule is COC(=O)C#CCCO[Si](c1ccccc1)(c1ccccc1)C(C)(C)C. The average Bonchev–Trinajstić information content (AvgIpc) is 2.65. The van der Waals surface area contributed by atoms with E-state index in [1.807, 2.05) is 12.1 Å². The highest BCUT2D eigenvalue weighted by molar-refractivity contribution is 6.99. The highest BCUT2D eigenvalue weighted by Gasteiger charge is 2.49. The Kier molecular flexibility index (Phi) is 6.79. The van der Waals surface area contributed by atoms with Gasteiger partial charge in [0.15, 0.2) is 0 Å². The van der Waals surface area contributed by atoms with Crippen molar-refractivity contribution < 1.29 is 14.0 Å². The fourth-order valence-corrected chi connectivity index (χ4v) is 7.77. The Morgan fingerprint density at radius 1 is 0.962 bits per heavy atom. The van der Waals surface area contributed by atoms with Crippen molar-refractivity contribution in [2.24, 2.45) is 0 Å². The van der Waals surface area contributed by atoms with E-state index in [0.717, 1.165) is 0 Å². The van der Waals surface area contributed by atoms with E-state index < -0.39 is 14.3 Å². The lowest BCUT2D eigenvalue weighted by Crippen LogP contribution is -2.66. The molecule has 0 amide bonds. The van der Waals surface area contributed by atoms with Gasteiger partial charge in [-0.25, -0.2) is 4.79 Å². The molecule has 2 aromatic carbocycles. The molecular weight excluding hydrogens is 340 g/mol. The smallest absolute Gasteiger partial charge is 0.384 e. The van der Waals surface area contributed by atoms with E-state index in [4.69, 9.17) is 4.43 Å². The van der Waals surface area contributed by atoms with E-state index in [9.17, 15) is 4.79 Å². The normalized spacial score (nSPS) is 11.4. The number of methoxy groups -OCH3 is 1. The van der Waals surface area contributed by atoms with Crippen molar-refractivity contribution >= 4 is 24.7 Å². The third-order valence-corrected chi connectivity index (χ3v) is 9.38. The van der Waals surface area contributed by atoms with Crippen LogP contribution in [-0.4, -0.2) is 28.0 Å². The fraction of sp³-hybridized carbons (Fsp3) is 0.318. The van der Waals surface area contributed by atoms with E-state index in [1.165, 1.54) is 17.5 Å². The van der Waals surface area contributed by atoms with Gasteiger partial charge in [0.2, 0.25) is 0 Å². The van der Waals surface area contributed by atoms with E-state index in [1.54, 1.807) is 0 Å². The van der Waals surface area contributed by atoms with E-state index >= 15 is 0 Å². The summed E-state index contributed by atoms with van der Waals surface area (Å²) in [5.41, 5.74) is 0. The summed E-state index contributed by atoms with van der Waals surface area (Å²) in [5.74, 6) is 4.78. The van der Waals surface area contributed by atoms with Crippen LogP contribution in [0.3, 0.4) is 0 Å². The van der Waals surface area contributed by atoms with Crippen LogP contribution in [0.4, 0.5) is 0 Å². The molecule has 0 N–H and O–H groups in total. The summed E-state index contributed by atoms with van der Waals surface area (Å²) in [4.78, 5) is 11.1. The van der Waals surface area contributed by atoms with Crippen molar-refractivity contribution in [1.29, 1.82) is 0 Å². The van der Waals surface area contributed by atoms with Gasteiger partial charge in [0, 0.05) is 18.9 Å². The lowest BCUT2D eigenvalue weighted by molar-refractivity contribution is -0.133. The Bertz CT molecular complexity index is 728. The molecule has 4 heteroatoms. The summed E-state index contributed by atoms with van der Waals surface area (Å²) in [6.07, 6.45) is 0.486. The fourth-order valence-electron chi connectivity index (χ4n) is 3.20. The molecule has 26 heavy (non-hydrogen) atoms. The van der Waals surface area contributed by atoms with Crippen molar-refractivity contribution in [3.05, 3.63) is 60.7 Å². The molecule has 0 saturated heterocycles. The average molecular weight is 367 g/mol. The van der Waals surface area contributed by atoms with Crippen LogP contribution in [0.1, 0.15) is 27.2 Å². The number of hydrogen-bond acceptors (Lipinski definition) is 3. The molecule has 0 bridgehead atoms. The molecule has 0 fully saturated rings. The molecule has 2 rings (SSSR count). The molecule has 0 saturated carbocycles. The van der Waals surface area contributed by atoms with Crippen LogP contribution < -0.4 is 10.4 Å². The summed E-state index contributed by atoms with van der Waals surface area (Å²) in [6.45, 7) is 7.18. The largest absolute Gasteiger partial charge is 0.459 e. The Labute approximate surface area is 157 Å². The van der Waals surface area contributed by atoms with E-state index in [0.29, 0.717) is 13.0 Å². The first-order valence-electron chi connectivity index (χ1n) is 8.73. The number of hydrogen-bond donors (Lipinski definition) is 0. The van der Waals surface area contributed by atoms with Crippen LogP contribution in [0.15, 0.2) is 60.7 Å². The van der Waals surface area contributed by atoms with Crippen molar-refractivity contribution in [2.45, 2.75) is 32.2 Å². The minimum atomic E-state index is -2.52. The highest BCUT2D eigenvalue weighted by Crippen LogP contribution is 2.36. The second-order valence-electron chi connectivity index (χ2n) is 7.06. The molecule has 136 valence electrons. The zero-order valence-electron chi connectivity index (χ0n) is 15.9. The molecule has 0 aliphatic rings. The van der Waals surface area contributed by atoms with Gasteiger partial charge in [0.1, 0.15) is 0 Å². The Balaban J connectivity index is 2.40. The standard InChI is InChI=1S/C22H26O3Si/c1-22(2,3)26(19-13-7-5-8-14-19,20-15-9-6-10-16-20)25-18-12-11-17-21(23)24-4/h5-10,13-16H,12,18H2,1-4H3. The van der Waals surface area contributed by atoms with E-state index in [2.05, 4.69) is 85.9 Å². The van der Waals surface area contributed by atoms with Gasteiger partial charge in [-0.3, -0.25) is 0 Å². The quantitative estimate of drug-likeness (QED) is 0.268. The summed E-state index contributed by atoms with van der Waals surface area (Å²) in [7, 11) is -1.19. The van der Waals surface area contributed by atoms with Crippen LogP contribution in [-0.2, 0) is 14.0 Å². The molecule has 0 aliphatic carbocycles. The van der Waals surface area contributed by atoms with Crippen molar-refractivity contribution in [1.82, 2.24) is 0 Å². The monoisotopic (exact) mass is 366 g/mol. The third kappa shape index (κ3) is 4.43. The number of esters is 1. The number of rotatable bonds is 5. The van der Waals surface area contributed by atoms with Gasteiger partial charge in [0.05, 0.1) is 7.11 Å². The zero-order valence-corrected chi connectivity index (χ0v) is 16.9. The molecule has 0 radical (unpaired) electrons. The zero-order chi connectivity index (χ0) is 19.0. The first-order chi connectivity index (χ1) is 12.4. The van der Waals surface area contributed by atoms with Gasteiger partial charge in [-0.2, -0.15) is 0 Å². The van der Waals surface area contributed by atoms with Crippen LogP contribution in [0.5, 0.6) is 0 Å². The molecule has 0 aromatic heterocycles. The highest BCUT2D eigenvalue weighted by atomic mass is 28.4. The summed E-state index contributed by atoms with van der Waals surface area (Å²) in [6, 6.07) is 20.9. The molecule has 0 aliphatic heterocycles. The lowest BCUT2D eigenvalue weighted by atomic mass is 10.2. The molecule has 3 nitrogen and oxygen atoms in total. The second-order valence-corrected chi connectivity index (χ2v) is 11.4. The topological polar surface area (TPSA) is 35.5 Å². The minimum Gasteiger partial charge on any atom is -0.459 e. The lowest BCUT2D eigenvalue weighted by Gasteiger charge is -2.43. The predicted molar refractivity (Wildman–Crippen MR) is 108 cm³/mol. The molecule has 0 heterocycles. The van der Waals surface area contributed by atoms with Gasteiger partial charge in [-0.1, -0.05) is 87.4 Å². The number of benzene rings is 2. The van der Waals surface area contributed by atoms with Crippen LogP contribution in [0, 0.1) is 11.8 Å². The number of carbonyl (C=O) groups excluding carboxylic acids is 1. The first kappa shape index (κ1) is 20.0. The maximum Gasteiger partial charge on any atom is 0.384 e. The minimum absolute atomic E-state index is 0.0640. The first-order valence-corrected chi connectivity index (χ1v) is 10.6. The Hall–Kier alpha value is -2.35. The van der Waals surface area contributed by atoms with Gasteiger partial charge >= 0.3 is 5.97 Å². The van der Waals surface area contributed by atoms with Crippen LogP contribution in [0.2, 0.25) is 5.04 Å². The summed E-state index contributed by atoms with van der Waals surface area (Å²) in [5, 5.41) is 2.41. The number of carbonyl (C=O) groups is 1. The number of ether oxygens (including phenoxy) is 1. The maximum absolute atomic E-state index is 11.1. The van der Waals surface area contributed by atoms with Crippen LogP contribution in [0.25, 0.3) is 0 Å². The second kappa shape index (κ2) is 8.84. The predicted octanol–water partition coefficient (Wildman–Crippen LogP) is 3.13. The maximum atomic E-state index is 11.1. The van der Waals surface area contributed by atoms with Crippen molar-refractivity contribution in [3.8, 4) is 11.8 Å². The molecular formula is C22H26O3Si. The molecule has 2 aromatic rings. The van der Waals surface area contributed by atoms with Gasteiger partial charge in [-0.05, 0) is 15.4 Å².